The van der Waals surface area contributed by atoms with Gasteiger partial charge in [0.15, 0.2) is 11.6 Å². The number of aliphatic hydroxyl groups is 4. The van der Waals surface area contributed by atoms with Gasteiger partial charge in [-0.1, -0.05) is 139 Å². The summed E-state index contributed by atoms with van der Waals surface area (Å²) in [5.41, 5.74) is 14.0. The number of β-amino-alcohol motifs (C(OH)–C–C–N with tert-alkyl or cyclic N) is 4. The van der Waals surface area contributed by atoms with Gasteiger partial charge in [0, 0.05) is 142 Å². The molecule has 0 radical (unpaired) electrons. The number of nitrogens with one attached hydrogen (secondary N) is 7. The van der Waals surface area contributed by atoms with E-state index in [0.717, 1.165) is 95.5 Å². The molecule has 135 heavy (non-hydrogen) atoms. The van der Waals surface area contributed by atoms with Crippen LogP contribution < -0.4 is 37.2 Å². The average molecular weight is 1890 g/mol. The maximum Gasteiger partial charge on any atom is 0.305 e. The van der Waals surface area contributed by atoms with Crippen molar-refractivity contribution in [3.63, 3.8) is 0 Å². The van der Waals surface area contributed by atoms with E-state index in [1.807, 2.05) is 95.3 Å². The minimum Gasteiger partial charge on any atom is -0.481 e. The standard InChI is InChI=1S/C49H63N9O8S.C28H38N4O7S.C21H27N5O2/c1-31-45(67-30-53-31)34-11-9-32(10-12-34)23-50-47(64)40-21-38(60)28-58(40)48(65)46(49(2,3)4)55-43(62)16-19-66-20-17-44(63)57-25-36(26-57)54-42-22-39(51-29-52-42)41(61)14-13-37(59)27-56-18-15-33-7-5-6-8-35(33)24-56;1-17-24(40-16-30-17)19-7-5-18(6-8-19)14-29-26(37)21-13-20(33)15-32(21)27(38)25(28(2,3)4)31-22(34)9-11-39-12-10-23(35)36;27-18(13-26-8-7-15-3-1-2-4-16(15)12-26)5-6-20(28)19-9-21(24-14-23-19)25-17-10-22-11-17/h5-12,22,29-30,36-38,40,46,59-60H,13-21,23-28H2,1-4H3,(H,50,64)(H,55,62)(H,51,52,54);5-8,16,20-21,25,33H,9-15H2,1-4H3,(H,29,37)(H,31,34)(H,35,36);1-4,9,14,17-18,22,27H,5-8,10-13H2,(H,23,24,25)/t37-,38+,40-,46+;20-,21+,25-;18-/m010/s1. The topological polar surface area (TPSA) is 468 Å². The Kier molecular flexibility index (Phi) is 37.2. The molecule has 4 aromatic carbocycles. The second-order valence-electron chi connectivity index (χ2n) is 37.5. The molecule has 0 spiro atoms. The number of aromatic nitrogens is 6. The molecule has 10 heterocycles. The van der Waals surface area contributed by atoms with E-state index in [4.69, 9.17) is 14.6 Å². The van der Waals surface area contributed by atoms with Crippen molar-refractivity contribution >= 4 is 93.2 Å². The number of aliphatic hydroxyl groups excluding tert-OH is 4. The molecule has 4 aromatic heterocycles. The fraction of sp³-hybridized carbons (Fsp3) is 0.510. The molecule has 0 saturated carbocycles. The summed E-state index contributed by atoms with van der Waals surface area (Å²) in [5.74, 6) is -2.66. The number of likely N-dealkylation sites (tertiary alicyclic amines) is 3. The smallest absolute Gasteiger partial charge is 0.305 e. The zero-order valence-corrected chi connectivity index (χ0v) is 79.7. The third kappa shape index (κ3) is 30.3. The molecule has 4 fully saturated rings. The summed E-state index contributed by atoms with van der Waals surface area (Å²) < 4.78 is 10.8. The van der Waals surface area contributed by atoms with Crippen LogP contribution in [0.3, 0.4) is 0 Å². The summed E-state index contributed by atoms with van der Waals surface area (Å²) in [6.07, 6.45) is 3.09. The van der Waals surface area contributed by atoms with Gasteiger partial charge in [0.05, 0.1) is 108 Å². The minimum absolute atomic E-state index is 0.0113. The molecule has 0 unspecified atom stereocenters. The van der Waals surface area contributed by atoms with E-state index in [2.05, 4.69) is 113 Å². The maximum atomic E-state index is 14.0. The second-order valence-corrected chi connectivity index (χ2v) is 39.2. The van der Waals surface area contributed by atoms with Crippen molar-refractivity contribution in [2.75, 3.05) is 103 Å². The normalized spacial score (nSPS) is 18.2. The van der Waals surface area contributed by atoms with Crippen LogP contribution in [0.25, 0.3) is 20.9 Å². The third-order valence-electron chi connectivity index (χ3n) is 24.7. The van der Waals surface area contributed by atoms with Crippen molar-refractivity contribution in [3.8, 4) is 20.9 Å². The highest BCUT2D eigenvalue weighted by Gasteiger charge is 2.47. The SMILES string of the molecule is Cc1ncsc1-c1ccc(CNC(=O)[C@@H]2C[C@@H](O)CN2C(=O)[C@@H](NC(=O)CCOCCC(=O)N2CC(Nc3cc(C(=O)CC[C@H](O)CN4CCc5ccccc5C4)ncn3)C2)C(C)(C)C)cc1.Cc1ncsc1-c1ccc(CNC(=O)[C@@H]2C[C@@H](O)CN2C(=O)[C@@H](NC(=O)CCOCCC(=O)O)C(C)(C)C)cc1.O=C(CC[C@H](O)CN1CCc2ccccc2C1)c1cc(NC2CNC2)ncn1. The number of carbonyl (C=O) groups excluding carboxylic acids is 9. The molecule has 8 atom stereocenters. The van der Waals surface area contributed by atoms with Crippen LogP contribution in [-0.4, -0.2) is 291 Å². The summed E-state index contributed by atoms with van der Waals surface area (Å²) in [7, 11) is 0. The number of ether oxygens (including phenoxy) is 2. The Morgan fingerprint density at radius 1 is 0.504 bits per heavy atom. The Morgan fingerprint density at radius 2 is 0.911 bits per heavy atom. The van der Waals surface area contributed by atoms with E-state index in [0.29, 0.717) is 62.4 Å². The molecule has 8 aromatic rings. The lowest BCUT2D eigenvalue weighted by Gasteiger charge is -2.39. The number of amides is 7. The summed E-state index contributed by atoms with van der Waals surface area (Å²) in [4.78, 5) is 165. The van der Waals surface area contributed by atoms with Crippen LogP contribution >= 0.6 is 22.7 Å². The molecule has 6 aliphatic rings. The van der Waals surface area contributed by atoms with Crippen molar-refractivity contribution in [3.05, 3.63) is 189 Å². The molecule has 6 aliphatic heterocycles. The van der Waals surface area contributed by atoms with Crippen molar-refractivity contribution in [2.45, 2.75) is 219 Å². The lowest BCUT2D eigenvalue weighted by molar-refractivity contribution is -0.144. The van der Waals surface area contributed by atoms with Crippen LogP contribution in [0, 0.1) is 24.7 Å². The van der Waals surface area contributed by atoms with Crippen molar-refractivity contribution in [2.24, 2.45) is 10.8 Å². The Labute approximate surface area is 795 Å². The molecule has 37 heteroatoms. The first kappa shape index (κ1) is 103. The first-order chi connectivity index (χ1) is 64.6. The number of carboxylic acid groups (broad SMARTS) is 1. The second kappa shape index (κ2) is 48.9. The number of fused-ring (bicyclic) bond motifs is 2. The molecule has 7 amide bonds. The number of benzene rings is 4. The Bertz CT molecular complexity index is 5350. The molecule has 4 saturated heterocycles. The van der Waals surface area contributed by atoms with Gasteiger partial charge >= 0.3 is 5.97 Å². The van der Waals surface area contributed by atoms with Crippen molar-refractivity contribution in [1.29, 1.82) is 0 Å². The lowest BCUT2D eigenvalue weighted by Crippen LogP contribution is -2.57. The van der Waals surface area contributed by atoms with Crippen LogP contribution in [-0.2, 0) is 86.9 Å². The monoisotopic (exact) mass is 1890 g/mol. The predicted molar refractivity (Wildman–Crippen MR) is 509 cm³/mol. The molecule has 0 aliphatic carbocycles. The van der Waals surface area contributed by atoms with Crippen LogP contribution in [0.5, 0.6) is 0 Å². The number of hydrogen-bond acceptors (Lipinski definition) is 29. The van der Waals surface area contributed by atoms with E-state index in [-0.39, 0.29) is 145 Å². The highest BCUT2D eigenvalue weighted by atomic mass is 32.1. The fourth-order valence-corrected chi connectivity index (χ4v) is 18.5. The number of ketones is 2. The number of carboxylic acids is 1. The van der Waals surface area contributed by atoms with E-state index < -0.39 is 89.0 Å². The van der Waals surface area contributed by atoms with E-state index in [9.17, 15) is 68.4 Å². The molecule has 14 rings (SSSR count). The number of carbonyl (C=O) groups is 10. The van der Waals surface area contributed by atoms with Crippen molar-refractivity contribution in [1.82, 2.24) is 81.0 Å². The van der Waals surface area contributed by atoms with Gasteiger partial charge in [-0.05, 0) is 94.9 Å². The van der Waals surface area contributed by atoms with Crippen LogP contribution in [0.1, 0.15) is 171 Å². The van der Waals surface area contributed by atoms with Gasteiger partial charge in [-0.2, -0.15) is 0 Å². The average Bonchev–Trinajstić information content (AvgIpc) is 1.68. The van der Waals surface area contributed by atoms with Gasteiger partial charge in [0.1, 0.15) is 59.8 Å². The first-order valence-electron chi connectivity index (χ1n) is 46.3. The van der Waals surface area contributed by atoms with Gasteiger partial charge in [-0.15, -0.1) is 22.7 Å². The number of thiazole rings is 2. The summed E-state index contributed by atoms with van der Waals surface area (Å²) in [6, 6.07) is 32.4. The summed E-state index contributed by atoms with van der Waals surface area (Å²) in [5, 5.41) is 71.8. The van der Waals surface area contributed by atoms with Crippen LogP contribution in [0.15, 0.2) is 133 Å². The number of anilines is 2. The highest BCUT2D eigenvalue weighted by Crippen LogP contribution is 2.33. The predicted octanol–water partition coefficient (Wildman–Crippen LogP) is 6.87. The highest BCUT2D eigenvalue weighted by molar-refractivity contribution is 7.13. The maximum absolute atomic E-state index is 14.0. The van der Waals surface area contributed by atoms with Gasteiger partial charge in [-0.25, -0.2) is 29.9 Å². The molecular formula is C98H128N18O17S2. The van der Waals surface area contributed by atoms with Gasteiger partial charge < -0.3 is 86.9 Å². The van der Waals surface area contributed by atoms with Gasteiger partial charge in [0.2, 0.25) is 41.4 Å². The number of Topliss-reactive ketones (excluding diaryl/α,β-unsaturated/α-hetero) is 2. The number of rotatable bonds is 40. The van der Waals surface area contributed by atoms with E-state index in [1.54, 1.807) is 71.5 Å². The Balaban J connectivity index is 0.000000203. The zero-order valence-electron chi connectivity index (χ0n) is 78.1. The zero-order chi connectivity index (χ0) is 96.5. The number of aryl methyl sites for hydroxylation is 2. The lowest BCUT2D eigenvalue weighted by atomic mass is 9.85. The van der Waals surface area contributed by atoms with Gasteiger partial charge in [0.25, 0.3) is 0 Å². The summed E-state index contributed by atoms with van der Waals surface area (Å²) in [6.45, 7) is 22.7. The molecule has 724 valence electrons. The number of hydrogen-bond donors (Lipinski definition) is 12. The van der Waals surface area contributed by atoms with Gasteiger partial charge in [-0.3, -0.25) is 57.7 Å². The Hall–Kier alpha value is -11.4. The fourth-order valence-electron chi connectivity index (χ4n) is 16.8. The quantitative estimate of drug-likeness (QED) is 0.0138. The van der Waals surface area contributed by atoms with E-state index in [1.165, 1.54) is 44.7 Å². The van der Waals surface area contributed by atoms with Crippen LogP contribution in [0.4, 0.5) is 11.6 Å². The third-order valence-corrected chi connectivity index (χ3v) is 26.6. The van der Waals surface area contributed by atoms with Crippen molar-refractivity contribution < 1.29 is 83.0 Å². The van der Waals surface area contributed by atoms with Crippen LogP contribution in [0.2, 0.25) is 0 Å². The molecule has 0 bridgehead atoms. The molecule has 35 nitrogen and oxygen atoms in total. The largest absolute Gasteiger partial charge is 0.481 e. The Morgan fingerprint density at radius 3 is 1.30 bits per heavy atom. The minimum atomic E-state index is -0.992. The molecule has 12 N–H and O–H groups in total. The first-order valence-corrected chi connectivity index (χ1v) is 48.0. The summed E-state index contributed by atoms with van der Waals surface area (Å²) >= 11 is 3.13. The van der Waals surface area contributed by atoms with E-state index >= 15 is 0 Å². The molecular weight excluding hydrogens is 1770 g/mol. The number of nitrogens with zero attached hydrogens (tertiary/aromatic N) is 11. The number of aliphatic carboxylic acids is 1.